The van der Waals surface area contributed by atoms with Crippen molar-refractivity contribution in [3.05, 3.63) is 46.4 Å². The largest absolute Gasteiger partial charge is 0.374 e. The predicted octanol–water partition coefficient (Wildman–Crippen LogP) is 2.25. The second kappa shape index (κ2) is 6.70. The molecule has 4 rings (SSSR count). The maximum atomic E-state index is 12.6. The van der Waals surface area contributed by atoms with E-state index < -0.39 is 0 Å². The van der Waals surface area contributed by atoms with Gasteiger partial charge in [0.1, 0.15) is 5.69 Å². The minimum Gasteiger partial charge on any atom is -0.374 e. The van der Waals surface area contributed by atoms with E-state index in [-0.39, 0.29) is 18.1 Å². The Hall–Kier alpha value is -1.63. The lowest BCUT2D eigenvalue weighted by atomic mass is 10.0. The van der Waals surface area contributed by atoms with Crippen LogP contribution in [0.3, 0.4) is 0 Å². The number of rotatable bonds is 4. The molecule has 0 unspecified atom stereocenters. The molecule has 24 heavy (non-hydrogen) atoms. The first-order chi connectivity index (χ1) is 11.7. The minimum atomic E-state index is -0.0159. The fourth-order valence-corrected chi connectivity index (χ4v) is 4.58. The summed E-state index contributed by atoms with van der Waals surface area (Å²) in [6, 6.07) is 6.38. The molecule has 128 valence electrons. The van der Waals surface area contributed by atoms with Crippen molar-refractivity contribution in [2.45, 2.75) is 37.6 Å². The third-order valence-electron chi connectivity index (χ3n) is 5.09. The molecule has 1 amide bonds. The molecule has 2 aliphatic rings. The van der Waals surface area contributed by atoms with Crippen LogP contribution in [-0.2, 0) is 18.3 Å². The van der Waals surface area contributed by atoms with Crippen LogP contribution in [0.1, 0.15) is 28.9 Å². The summed E-state index contributed by atoms with van der Waals surface area (Å²) in [5.74, 6) is -0.0159. The molecule has 0 saturated carbocycles. The maximum Gasteiger partial charge on any atom is 0.268 e. The summed E-state index contributed by atoms with van der Waals surface area (Å²) in [7, 11) is 1.90. The zero-order chi connectivity index (χ0) is 16.5. The fraction of sp³-hybridized carbons (Fsp3) is 0.500. The Morgan fingerprint density at radius 3 is 3.12 bits per heavy atom. The van der Waals surface area contributed by atoms with E-state index in [4.69, 9.17) is 4.74 Å². The molecule has 6 heteroatoms. The van der Waals surface area contributed by atoms with Gasteiger partial charge in [0.15, 0.2) is 0 Å². The van der Waals surface area contributed by atoms with Crippen LogP contribution in [0.4, 0.5) is 0 Å². The molecular weight excluding hydrogens is 322 g/mol. The highest BCUT2D eigenvalue weighted by atomic mass is 32.1. The van der Waals surface area contributed by atoms with Gasteiger partial charge in [-0.25, -0.2) is 0 Å². The van der Waals surface area contributed by atoms with Crippen molar-refractivity contribution in [1.82, 2.24) is 14.8 Å². The van der Waals surface area contributed by atoms with E-state index >= 15 is 0 Å². The number of likely N-dealkylation sites (tertiary alicyclic amines) is 1. The standard InChI is InChI=1S/C18H23N3O2S/c1-20-7-2-4-16(20)18(22)19-14-11-21(10-13-6-9-24-12-13)15-5-3-8-23-17(14)15/h2,4,6-7,9,12,14-15,17H,3,5,8,10-11H2,1H3,(H,19,22)/t14-,15+,17+/m0/s1. The van der Waals surface area contributed by atoms with Crippen molar-refractivity contribution in [3.63, 3.8) is 0 Å². The molecule has 5 nitrogen and oxygen atoms in total. The monoisotopic (exact) mass is 345 g/mol. The van der Waals surface area contributed by atoms with Crippen LogP contribution in [0.5, 0.6) is 0 Å². The topological polar surface area (TPSA) is 46.5 Å². The second-order valence-electron chi connectivity index (χ2n) is 6.69. The number of hydrogen-bond donors (Lipinski definition) is 1. The van der Waals surface area contributed by atoms with Gasteiger partial charge in [-0.05, 0) is 47.4 Å². The maximum absolute atomic E-state index is 12.6. The van der Waals surface area contributed by atoms with Crippen LogP contribution in [0.2, 0.25) is 0 Å². The quantitative estimate of drug-likeness (QED) is 0.924. The highest BCUT2D eigenvalue weighted by Gasteiger charge is 2.44. The fourth-order valence-electron chi connectivity index (χ4n) is 3.92. The van der Waals surface area contributed by atoms with Gasteiger partial charge in [0.05, 0.1) is 12.1 Å². The summed E-state index contributed by atoms with van der Waals surface area (Å²) in [6.07, 6.45) is 4.24. The molecule has 2 aromatic heterocycles. The van der Waals surface area contributed by atoms with Crippen molar-refractivity contribution in [1.29, 1.82) is 0 Å². The Kier molecular flexibility index (Phi) is 4.43. The molecule has 4 heterocycles. The van der Waals surface area contributed by atoms with Crippen LogP contribution in [0.15, 0.2) is 35.2 Å². The van der Waals surface area contributed by atoms with Gasteiger partial charge in [-0.3, -0.25) is 9.69 Å². The van der Waals surface area contributed by atoms with Gasteiger partial charge in [0.2, 0.25) is 0 Å². The summed E-state index contributed by atoms with van der Waals surface area (Å²) in [4.78, 5) is 15.1. The van der Waals surface area contributed by atoms with Crippen LogP contribution in [0.25, 0.3) is 0 Å². The van der Waals surface area contributed by atoms with Crippen molar-refractivity contribution < 1.29 is 9.53 Å². The summed E-state index contributed by atoms with van der Waals surface area (Å²) in [5, 5.41) is 7.53. The third-order valence-corrected chi connectivity index (χ3v) is 5.82. The SMILES string of the molecule is Cn1cccc1C(=O)N[C@H]1CN(Cc2ccsc2)[C@@H]2CCCO[C@H]12. The Morgan fingerprint density at radius 1 is 1.46 bits per heavy atom. The van der Waals surface area contributed by atoms with Gasteiger partial charge in [-0.15, -0.1) is 0 Å². The van der Waals surface area contributed by atoms with E-state index in [9.17, 15) is 4.79 Å². The number of aromatic nitrogens is 1. The first-order valence-electron chi connectivity index (χ1n) is 8.51. The number of fused-ring (bicyclic) bond motifs is 1. The zero-order valence-electron chi connectivity index (χ0n) is 13.9. The molecule has 2 aromatic rings. The number of nitrogens with one attached hydrogen (secondary N) is 1. The van der Waals surface area contributed by atoms with Crippen LogP contribution in [0, 0.1) is 0 Å². The lowest BCUT2D eigenvalue weighted by Gasteiger charge is -2.32. The average Bonchev–Trinajstić information content (AvgIpc) is 3.30. The van der Waals surface area contributed by atoms with Gasteiger partial charge >= 0.3 is 0 Å². The normalized spacial score (nSPS) is 27.1. The molecule has 0 aliphatic carbocycles. The lowest BCUT2D eigenvalue weighted by Crippen LogP contribution is -2.47. The number of thiophene rings is 1. The molecule has 0 radical (unpaired) electrons. The molecule has 0 aromatic carbocycles. The molecule has 2 aliphatic heterocycles. The van der Waals surface area contributed by atoms with Gasteiger partial charge in [0, 0.05) is 39.0 Å². The number of ether oxygens (including phenoxy) is 1. The number of aryl methyl sites for hydroxylation is 1. The van der Waals surface area contributed by atoms with E-state index in [0.29, 0.717) is 11.7 Å². The zero-order valence-corrected chi connectivity index (χ0v) is 14.7. The summed E-state index contributed by atoms with van der Waals surface area (Å²) in [6.45, 7) is 2.58. The molecular formula is C18H23N3O2S. The number of nitrogens with zero attached hydrogens (tertiary/aromatic N) is 2. The van der Waals surface area contributed by atoms with Crippen molar-refractivity contribution >= 4 is 17.2 Å². The molecule has 0 spiro atoms. The predicted molar refractivity (Wildman–Crippen MR) is 94.2 cm³/mol. The highest BCUT2D eigenvalue weighted by molar-refractivity contribution is 7.07. The minimum absolute atomic E-state index is 0.0159. The third kappa shape index (κ3) is 3.01. The van der Waals surface area contributed by atoms with Crippen LogP contribution >= 0.6 is 11.3 Å². The molecule has 1 N–H and O–H groups in total. The van der Waals surface area contributed by atoms with Crippen molar-refractivity contribution in [3.8, 4) is 0 Å². The first-order valence-corrected chi connectivity index (χ1v) is 9.45. The Bertz CT molecular complexity index is 697. The Labute approximate surface area is 146 Å². The molecule has 0 bridgehead atoms. The number of carbonyl (C=O) groups is 1. The van der Waals surface area contributed by atoms with Gasteiger partial charge in [0.25, 0.3) is 5.91 Å². The summed E-state index contributed by atoms with van der Waals surface area (Å²) < 4.78 is 7.91. The summed E-state index contributed by atoms with van der Waals surface area (Å²) >= 11 is 1.73. The Morgan fingerprint density at radius 2 is 2.38 bits per heavy atom. The number of amides is 1. The lowest BCUT2D eigenvalue weighted by molar-refractivity contribution is -0.0211. The molecule has 3 atom stereocenters. The smallest absolute Gasteiger partial charge is 0.268 e. The number of hydrogen-bond acceptors (Lipinski definition) is 4. The van der Waals surface area contributed by atoms with E-state index in [1.807, 2.05) is 29.9 Å². The van der Waals surface area contributed by atoms with E-state index in [1.165, 1.54) is 5.56 Å². The number of carbonyl (C=O) groups excluding carboxylic acids is 1. The van der Waals surface area contributed by atoms with Crippen molar-refractivity contribution in [2.24, 2.45) is 7.05 Å². The van der Waals surface area contributed by atoms with Crippen LogP contribution in [-0.4, -0.2) is 46.7 Å². The van der Waals surface area contributed by atoms with Gasteiger partial charge in [-0.1, -0.05) is 0 Å². The van der Waals surface area contributed by atoms with Crippen LogP contribution < -0.4 is 5.32 Å². The van der Waals surface area contributed by atoms with Crippen molar-refractivity contribution in [2.75, 3.05) is 13.2 Å². The summed E-state index contributed by atoms with van der Waals surface area (Å²) in [5.41, 5.74) is 2.04. The first kappa shape index (κ1) is 15.9. The van der Waals surface area contributed by atoms with Gasteiger partial charge < -0.3 is 14.6 Å². The molecule has 2 fully saturated rings. The van der Waals surface area contributed by atoms with Gasteiger partial charge in [-0.2, -0.15) is 11.3 Å². The second-order valence-corrected chi connectivity index (χ2v) is 7.47. The molecule has 2 saturated heterocycles. The van der Waals surface area contributed by atoms with E-state index in [0.717, 1.165) is 32.5 Å². The van der Waals surface area contributed by atoms with E-state index in [2.05, 4.69) is 27.0 Å². The van der Waals surface area contributed by atoms with E-state index in [1.54, 1.807) is 11.3 Å². The average molecular weight is 345 g/mol. The Balaban J connectivity index is 1.48. The highest BCUT2D eigenvalue weighted by Crippen LogP contribution is 2.30.